The summed E-state index contributed by atoms with van der Waals surface area (Å²) in [4.78, 5) is 10.9. The van der Waals surface area contributed by atoms with Crippen LogP contribution in [-0.2, 0) is 10.4 Å². The van der Waals surface area contributed by atoms with Crippen molar-refractivity contribution in [2.45, 2.75) is 38.2 Å². The number of amides is 1. The van der Waals surface area contributed by atoms with E-state index in [9.17, 15) is 18.7 Å². The second-order valence-corrected chi connectivity index (χ2v) is 6.21. The average molecular weight is 326 g/mol. The van der Waals surface area contributed by atoms with Crippen LogP contribution in [0.3, 0.4) is 0 Å². The van der Waals surface area contributed by atoms with E-state index >= 15 is 0 Å². The first kappa shape index (κ1) is 17.8. The standard InChI is InChI=1S/C17H24F2N2O2/c1-12(22)21-7-3-5-17(23,13-4-2-6-20-11-13)14-8-15(18)10-16(19)9-14/h8-10,13,20,23H,2-7,11H2,1H3,(H,21,22)/t13-,17+/m1/s1. The summed E-state index contributed by atoms with van der Waals surface area (Å²) in [7, 11) is 0. The first-order chi connectivity index (χ1) is 10.9. The van der Waals surface area contributed by atoms with Crippen LogP contribution in [-0.4, -0.2) is 30.6 Å². The Morgan fingerprint density at radius 2 is 2.09 bits per heavy atom. The van der Waals surface area contributed by atoms with Gasteiger partial charge in [-0.25, -0.2) is 8.78 Å². The fourth-order valence-electron chi connectivity index (χ4n) is 3.27. The maximum atomic E-state index is 13.6. The van der Waals surface area contributed by atoms with E-state index in [0.717, 1.165) is 25.5 Å². The highest BCUT2D eigenvalue weighted by Crippen LogP contribution is 2.38. The predicted octanol–water partition coefficient (Wildman–Crippen LogP) is 2.07. The normalized spacial score (nSPS) is 20.8. The third kappa shape index (κ3) is 4.72. The monoisotopic (exact) mass is 326 g/mol. The van der Waals surface area contributed by atoms with Crippen LogP contribution < -0.4 is 10.6 Å². The van der Waals surface area contributed by atoms with Crippen LogP contribution in [0, 0.1) is 17.6 Å². The number of benzene rings is 1. The Morgan fingerprint density at radius 3 is 2.65 bits per heavy atom. The Hall–Kier alpha value is -1.53. The quantitative estimate of drug-likeness (QED) is 0.701. The lowest BCUT2D eigenvalue weighted by atomic mass is 9.74. The molecule has 1 aliphatic rings. The Morgan fingerprint density at radius 1 is 1.39 bits per heavy atom. The van der Waals surface area contributed by atoms with E-state index in [1.165, 1.54) is 19.1 Å². The Labute approximate surface area is 135 Å². The van der Waals surface area contributed by atoms with Crippen LogP contribution >= 0.6 is 0 Å². The summed E-state index contributed by atoms with van der Waals surface area (Å²) >= 11 is 0. The first-order valence-electron chi connectivity index (χ1n) is 8.06. The molecule has 2 rings (SSSR count). The smallest absolute Gasteiger partial charge is 0.216 e. The van der Waals surface area contributed by atoms with Gasteiger partial charge in [-0.3, -0.25) is 4.79 Å². The number of piperidine rings is 1. The number of nitrogens with one attached hydrogen (secondary N) is 2. The van der Waals surface area contributed by atoms with E-state index in [0.29, 0.717) is 25.9 Å². The number of hydrogen-bond donors (Lipinski definition) is 3. The van der Waals surface area contributed by atoms with Crippen LogP contribution in [0.5, 0.6) is 0 Å². The highest BCUT2D eigenvalue weighted by Gasteiger charge is 2.39. The Bertz CT molecular complexity index is 527. The third-order valence-electron chi connectivity index (χ3n) is 4.44. The lowest BCUT2D eigenvalue weighted by Gasteiger charge is -2.39. The van der Waals surface area contributed by atoms with Crippen molar-refractivity contribution in [3.05, 3.63) is 35.4 Å². The van der Waals surface area contributed by atoms with Crippen molar-refractivity contribution >= 4 is 5.91 Å². The molecular formula is C17H24F2N2O2. The van der Waals surface area contributed by atoms with Gasteiger partial charge in [-0.1, -0.05) is 0 Å². The van der Waals surface area contributed by atoms with Crippen LogP contribution in [0.15, 0.2) is 18.2 Å². The topological polar surface area (TPSA) is 61.4 Å². The zero-order valence-corrected chi connectivity index (χ0v) is 13.4. The zero-order valence-electron chi connectivity index (χ0n) is 13.4. The summed E-state index contributed by atoms with van der Waals surface area (Å²) in [5, 5.41) is 17.1. The van der Waals surface area contributed by atoms with Crippen LogP contribution in [0.4, 0.5) is 8.78 Å². The van der Waals surface area contributed by atoms with Gasteiger partial charge in [0.15, 0.2) is 0 Å². The Kier molecular flexibility index (Phi) is 6.07. The summed E-state index contributed by atoms with van der Waals surface area (Å²) in [6, 6.07) is 3.21. The van der Waals surface area contributed by atoms with Crippen molar-refractivity contribution in [1.82, 2.24) is 10.6 Å². The van der Waals surface area contributed by atoms with E-state index in [1.807, 2.05) is 0 Å². The molecular weight excluding hydrogens is 302 g/mol. The van der Waals surface area contributed by atoms with E-state index in [1.54, 1.807) is 0 Å². The number of aliphatic hydroxyl groups is 1. The molecule has 1 aromatic carbocycles. The fraction of sp³-hybridized carbons (Fsp3) is 0.588. The summed E-state index contributed by atoms with van der Waals surface area (Å²) in [6.45, 7) is 3.35. The predicted molar refractivity (Wildman–Crippen MR) is 83.8 cm³/mol. The number of hydrogen-bond acceptors (Lipinski definition) is 3. The highest BCUT2D eigenvalue weighted by molar-refractivity contribution is 5.72. The maximum absolute atomic E-state index is 13.6. The molecule has 1 heterocycles. The van der Waals surface area contributed by atoms with Crippen molar-refractivity contribution in [2.24, 2.45) is 5.92 Å². The number of carbonyl (C=O) groups excluding carboxylic acids is 1. The van der Waals surface area contributed by atoms with Crippen LogP contribution in [0.25, 0.3) is 0 Å². The molecule has 23 heavy (non-hydrogen) atoms. The second-order valence-electron chi connectivity index (χ2n) is 6.21. The SMILES string of the molecule is CC(=O)NCCC[C@@](O)(c1cc(F)cc(F)c1)[C@@H]1CCCNC1. The maximum Gasteiger partial charge on any atom is 0.216 e. The molecule has 0 aromatic heterocycles. The van der Waals surface area contributed by atoms with Crippen molar-refractivity contribution in [1.29, 1.82) is 0 Å². The molecule has 0 saturated carbocycles. The van der Waals surface area contributed by atoms with Gasteiger partial charge >= 0.3 is 0 Å². The summed E-state index contributed by atoms with van der Waals surface area (Å²) in [5.41, 5.74) is -1.04. The number of rotatable bonds is 6. The summed E-state index contributed by atoms with van der Waals surface area (Å²) in [6.07, 6.45) is 2.57. The van der Waals surface area contributed by atoms with Crippen molar-refractivity contribution in [3.8, 4) is 0 Å². The van der Waals surface area contributed by atoms with Crippen molar-refractivity contribution in [3.63, 3.8) is 0 Å². The van der Waals surface area contributed by atoms with E-state index < -0.39 is 17.2 Å². The molecule has 1 aromatic rings. The van der Waals surface area contributed by atoms with E-state index in [4.69, 9.17) is 0 Å². The van der Waals surface area contributed by atoms with Gasteiger partial charge in [-0.15, -0.1) is 0 Å². The van der Waals surface area contributed by atoms with Crippen molar-refractivity contribution < 1.29 is 18.7 Å². The average Bonchev–Trinajstić information content (AvgIpc) is 2.51. The minimum Gasteiger partial charge on any atom is -0.385 e. The van der Waals surface area contributed by atoms with Crippen molar-refractivity contribution in [2.75, 3.05) is 19.6 Å². The fourth-order valence-corrected chi connectivity index (χ4v) is 3.27. The molecule has 1 saturated heterocycles. The minimum absolute atomic E-state index is 0.116. The molecule has 0 radical (unpaired) electrons. The van der Waals surface area contributed by atoms with Gasteiger partial charge in [-0.05, 0) is 49.9 Å². The largest absolute Gasteiger partial charge is 0.385 e. The second kappa shape index (κ2) is 7.84. The van der Waals surface area contributed by atoms with Gasteiger partial charge in [0.2, 0.25) is 5.91 Å². The molecule has 6 heteroatoms. The molecule has 0 unspecified atom stereocenters. The van der Waals surface area contributed by atoms with Crippen LogP contribution in [0.2, 0.25) is 0 Å². The van der Waals surface area contributed by atoms with Crippen LogP contribution in [0.1, 0.15) is 38.2 Å². The molecule has 0 bridgehead atoms. The number of carbonyl (C=O) groups is 1. The zero-order chi connectivity index (χ0) is 16.9. The minimum atomic E-state index is -1.31. The molecule has 1 aliphatic heterocycles. The summed E-state index contributed by atoms with van der Waals surface area (Å²) < 4.78 is 27.2. The molecule has 4 nitrogen and oxygen atoms in total. The number of halogens is 2. The van der Waals surface area contributed by atoms with E-state index in [-0.39, 0.29) is 17.4 Å². The molecule has 1 amide bonds. The third-order valence-corrected chi connectivity index (χ3v) is 4.44. The molecule has 0 spiro atoms. The highest BCUT2D eigenvalue weighted by atomic mass is 19.1. The van der Waals surface area contributed by atoms with Gasteiger partial charge < -0.3 is 15.7 Å². The molecule has 2 atom stereocenters. The van der Waals surface area contributed by atoms with Gasteiger partial charge in [0, 0.05) is 32.0 Å². The summed E-state index contributed by atoms with van der Waals surface area (Å²) in [5.74, 6) is -1.63. The lowest BCUT2D eigenvalue weighted by Crippen LogP contribution is -2.44. The molecule has 0 aliphatic carbocycles. The molecule has 128 valence electrons. The van der Waals surface area contributed by atoms with Gasteiger partial charge in [-0.2, -0.15) is 0 Å². The Balaban J connectivity index is 2.20. The molecule has 3 N–H and O–H groups in total. The van der Waals surface area contributed by atoms with Gasteiger partial charge in [0.25, 0.3) is 0 Å². The first-order valence-corrected chi connectivity index (χ1v) is 8.06. The van der Waals surface area contributed by atoms with Gasteiger partial charge in [0.1, 0.15) is 11.6 Å². The van der Waals surface area contributed by atoms with E-state index in [2.05, 4.69) is 10.6 Å². The lowest BCUT2D eigenvalue weighted by molar-refractivity contribution is -0.119. The van der Waals surface area contributed by atoms with Gasteiger partial charge in [0.05, 0.1) is 5.60 Å². The molecule has 1 fully saturated rings.